The van der Waals surface area contributed by atoms with E-state index in [1.165, 1.54) is 4.90 Å². The van der Waals surface area contributed by atoms with E-state index in [0.29, 0.717) is 12.8 Å². The van der Waals surface area contributed by atoms with Crippen LogP contribution in [0.25, 0.3) is 4.85 Å². The summed E-state index contributed by atoms with van der Waals surface area (Å²) in [4.78, 5) is 101. The third-order valence-electron chi connectivity index (χ3n) is 8.50. The lowest BCUT2D eigenvalue weighted by atomic mass is 9.92. The van der Waals surface area contributed by atoms with Gasteiger partial charge in [-0.3, -0.25) is 33.9 Å². The third kappa shape index (κ3) is 10.1. The molecule has 0 saturated carbocycles. The number of urea groups is 1. The zero-order valence-electron chi connectivity index (χ0n) is 27.3. The van der Waals surface area contributed by atoms with Gasteiger partial charge in [-0.1, -0.05) is 13.8 Å². The van der Waals surface area contributed by atoms with Crippen molar-refractivity contribution in [3.63, 3.8) is 0 Å². The number of esters is 1. The van der Waals surface area contributed by atoms with Crippen LogP contribution in [-0.4, -0.2) is 137 Å². The number of amides is 5. The summed E-state index contributed by atoms with van der Waals surface area (Å²) in [5, 5.41) is 14.1. The lowest BCUT2D eigenvalue weighted by molar-refractivity contribution is -0.145. The average molecular weight is 676 g/mol. The highest BCUT2D eigenvalue weighted by atomic mass is 16.5. The number of cyclic esters (lactones) is 1. The molecule has 0 spiro atoms. The summed E-state index contributed by atoms with van der Waals surface area (Å²) in [6.07, 6.45) is 0.317. The molecule has 3 saturated heterocycles. The van der Waals surface area contributed by atoms with E-state index in [0.717, 1.165) is 4.90 Å². The molecule has 48 heavy (non-hydrogen) atoms. The van der Waals surface area contributed by atoms with Crippen LogP contribution in [0.3, 0.4) is 0 Å². The number of carbonyl (C=O) groups is 7. The molecule has 0 aromatic heterocycles. The molecule has 5 atom stereocenters. The van der Waals surface area contributed by atoms with E-state index in [4.69, 9.17) is 27.9 Å². The van der Waals surface area contributed by atoms with Crippen LogP contribution < -0.4 is 22.1 Å². The molecular formula is C30H45N9O9. The van der Waals surface area contributed by atoms with Crippen LogP contribution in [0.15, 0.2) is 4.99 Å². The highest BCUT2D eigenvalue weighted by Gasteiger charge is 2.47. The molecule has 7 N–H and O–H groups in total. The number of carboxylic acid groups (broad SMARTS) is 1. The van der Waals surface area contributed by atoms with Crippen LogP contribution in [-0.2, 0) is 33.5 Å². The average Bonchev–Trinajstić information content (AvgIpc) is 3.55. The van der Waals surface area contributed by atoms with Gasteiger partial charge in [0.1, 0.15) is 24.2 Å². The number of nitrogens with zero attached hydrogens (tertiary/aromatic N) is 5. The Morgan fingerprint density at radius 1 is 1.12 bits per heavy atom. The smallest absolute Gasteiger partial charge is 0.328 e. The summed E-state index contributed by atoms with van der Waals surface area (Å²) in [5.74, 6) is -4.89. The van der Waals surface area contributed by atoms with Crippen LogP contribution in [0.5, 0.6) is 0 Å². The Hall–Kier alpha value is -4.79. The van der Waals surface area contributed by atoms with Crippen LogP contribution in [0.1, 0.15) is 52.4 Å². The molecular weight excluding hydrogens is 630 g/mol. The minimum atomic E-state index is -1.27. The number of rotatable bonds is 17. The van der Waals surface area contributed by atoms with Crippen LogP contribution in [0.2, 0.25) is 0 Å². The third-order valence-corrected chi connectivity index (χ3v) is 8.50. The standard InChI is InChI=1S/C30H45N9O9/c1-17(2)13-21(39-26(44)20(15-24(41)42)36-30(39)47)27(45)38-10-8-37(9-11-38)22(16-33-3)23(40)14-18(5-4-7-34-29(31)32)25(43)35-19-6-12-48-28(19)46/h17-22H,4-16H2,1-2H3,(H,35,43)(H,36,47)(H,41,42)(H4,31,32,34)/t18-,19?,20+,21-,22+/m1/s1. The monoisotopic (exact) mass is 675 g/mol. The number of ketones is 1. The van der Waals surface area contributed by atoms with Gasteiger partial charge in [0.25, 0.3) is 5.91 Å². The Balaban J connectivity index is 1.69. The predicted molar refractivity (Wildman–Crippen MR) is 169 cm³/mol. The molecule has 3 aliphatic rings. The molecule has 5 amide bonds. The van der Waals surface area contributed by atoms with Gasteiger partial charge in [0, 0.05) is 51.5 Å². The summed E-state index contributed by atoms with van der Waals surface area (Å²) in [6.45, 7) is 12.1. The van der Waals surface area contributed by atoms with Crippen molar-refractivity contribution in [2.45, 2.75) is 76.5 Å². The minimum absolute atomic E-state index is 0.0797. The first-order chi connectivity index (χ1) is 22.7. The number of nitrogens with two attached hydrogens (primary N) is 2. The highest BCUT2D eigenvalue weighted by Crippen LogP contribution is 2.23. The fourth-order valence-corrected chi connectivity index (χ4v) is 6.06. The number of hydrogen-bond donors (Lipinski definition) is 5. The second kappa shape index (κ2) is 17.4. The number of ether oxygens (including phenoxy) is 1. The van der Waals surface area contributed by atoms with E-state index < -0.39 is 72.2 Å². The van der Waals surface area contributed by atoms with Gasteiger partial charge in [0.15, 0.2) is 11.7 Å². The van der Waals surface area contributed by atoms with Gasteiger partial charge in [-0.15, -0.1) is 0 Å². The number of carboxylic acids is 1. The summed E-state index contributed by atoms with van der Waals surface area (Å²) in [6, 6.07) is -4.90. The molecule has 0 bridgehead atoms. The second-order valence-corrected chi connectivity index (χ2v) is 12.5. The zero-order chi connectivity index (χ0) is 35.5. The maximum Gasteiger partial charge on any atom is 0.328 e. The Morgan fingerprint density at radius 2 is 1.81 bits per heavy atom. The van der Waals surface area contributed by atoms with Crippen molar-refractivity contribution in [1.29, 1.82) is 0 Å². The summed E-state index contributed by atoms with van der Waals surface area (Å²) >= 11 is 0. The Labute approximate surface area is 278 Å². The largest absolute Gasteiger partial charge is 0.481 e. The van der Waals surface area contributed by atoms with Crippen molar-refractivity contribution in [1.82, 2.24) is 25.3 Å². The molecule has 0 radical (unpaired) electrons. The minimum Gasteiger partial charge on any atom is -0.481 e. The van der Waals surface area contributed by atoms with E-state index in [9.17, 15) is 33.6 Å². The first-order valence-corrected chi connectivity index (χ1v) is 16.0. The quantitative estimate of drug-likeness (QED) is 0.0289. The molecule has 3 rings (SSSR count). The van der Waals surface area contributed by atoms with E-state index in [1.807, 2.05) is 13.8 Å². The van der Waals surface area contributed by atoms with Gasteiger partial charge in [0.05, 0.1) is 13.0 Å². The van der Waals surface area contributed by atoms with E-state index in [2.05, 4.69) is 20.5 Å². The normalized spacial score (nSPS) is 21.6. The molecule has 1 unspecified atom stereocenters. The molecule has 0 aromatic rings. The summed E-state index contributed by atoms with van der Waals surface area (Å²) in [5.41, 5.74) is 10.8. The van der Waals surface area contributed by atoms with Crippen LogP contribution >= 0.6 is 0 Å². The van der Waals surface area contributed by atoms with Crippen molar-refractivity contribution in [2.75, 3.05) is 45.9 Å². The Bertz CT molecular complexity index is 1320. The maximum atomic E-state index is 13.7. The number of nitrogens with one attached hydrogen (secondary N) is 2. The van der Waals surface area contributed by atoms with Crippen molar-refractivity contribution in [2.24, 2.45) is 28.3 Å². The van der Waals surface area contributed by atoms with Crippen LogP contribution in [0.4, 0.5) is 4.79 Å². The molecule has 3 heterocycles. The van der Waals surface area contributed by atoms with Crippen LogP contribution in [0, 0.1) is 18.4 Å². The number of aliphatic carboxylic acids is 1. The number of aliphatic imine (C=N–C) groups is 1. The van der Waals surface area contributed by atoms with Gasteiger partial charge >= 0.3 is 18.0 Å². The molecule has 3 aliphatic heterocycles. The molecule has 264 valence electrons. The topological polar surface area (TPSA) is 251 Å². The zero-order valence-corrected chi connectivity index (χ0v) is 27.3. The lowest BCUT2D eigenvalue weighted by Gasteiger charge is -2.39. The van der Waals surface area contributed by atoms with Crippen molar-refractivity contribution >= 4 is 47.4 Å². The highest BCUT2D eigenvalue weighted by molar-refractivity contribution is 6.08. The van der Waals surface area contributed by atoms with E-state index in [-0.39, 0.29) is 82.8 Å². The maximum absolute atomic E-state index is 13.7. The molecule has 18 heteroatoms. The fraction of sp³-hybridized carbons (Fsp3) is 0.700. The number of imide groups is 1. The summed E-state index contributed by atoms with van der Waals surface area (Å²) in [7, 11) is 0. The first kappa shape index (κ1) is 37.7. The van der Waals surface area contributed by atoms with E-state index >= 15 is 0 Å². The predicted octanol–water partition coefficient (Wildman–Crippen LogP) is -1.71. The van der Waals surface area contributed by atoms with Crippen molar-refractivity contribution < 1.29 is 43.4 Å². The Kier molecular flexibility index (Phi) is 13.6. The number of hydrogen-bond acceptors (Lipinski definition) is 10. The van der Waals surface area contributed by atoms with Gasteiger partial charge in [-0.2, -0.15) is 0 Å². The van der Waals surface area contributed by atoms with Gasteiger partial charge in [-0.05, 0) is 25.2 Å². The Morgan fingerprint density at radius 3 is 2.38 bits per heavy atom. The second-order valence-electron chi connectivity index (χ2n) is 12.5. The summed E-state index contributed by atoms with van der Waals surface area (Å²) < 4.78 is 4.92. The van der Waals surface area contributed by atoms with Gasteiger partial charge in [0.2, 0.25) is 18.4 Å². The van der Waals surface area contributed by atoms with Crippen molar-refractivity contribution in [3.8, 4) is 0 Å². The molecule has 18 nitrogen and oxygen atoms in total. The van der Waals surface area contributed by atoms with Crippen molar-refractivity contribution in [3.05, 3.63) is 11.4 Å². The number of Topliss-reactive ketones (excluding diaryl/α,β-unsaturated/α-hetero) is 1. The SMILES string of the molecule is [C-]#[N+]C[C@@H](C(=O)C[C@@H](CCCN=C(N)N)C(=O)NC1CCOC1=O)N1CCN(C(=O)[C@@H](CC(C)C)N2C(=O)N[C@@H](CC(=O)O)C2=O)CC1. The lowest BCUT2D eigenvalue weighted by Crippen LogP contribution is -2.59. The number of piperazine rings is 1. The van der Waals surface area contributed by atoms with E-state index in [1.54, 1.807) is 4.90 Å². The molecule has 0 aliphatic carbocycles. The fourth-order valence-electron chi connectivity index (χ4n) is 6.06. The molecule has 3 fully saturated rings. The number of carbonyl (C=O) groups excluding carboxylic acids is 6. The number of guanidine groups is 1. The molecule has 0 aromatic carbocycles. The van der Waals surface area contributed by atoms with Gasteiger partial charge in [-0.25, -0.2) is 21.1 Å². The van der Waals surface area contributed by atoms with Gasteiger partial charge < -0.3 is 41.7 Å². The first-order valence-electron chi connectivity index (χ1n) is 16.0.